The number of imidazole rings is 1. The second-order valence-electron chi connectivity index (χ2n) is 5.79. The van der Waals surface area contributed by atoms with Crippen LogP contribution in [0.5, 0.6) is 0 Å². The smallest absolute Gasteiger partial charge is 0.237 e. The minimum Gasteiger partial charge on any atom is -0.338 e. The first-order valence-electron chi connectivity index (χ1n) is 8.20. The molecule has 0 aliphatic rings. The summed E-state index contributed by atoms with van der Waals surface area (Å²) in [4.78, 5) is 9.15. The van der Waals surface area contributed by atoms with Crippen LogP contribution in [0.15, 0.2) is 58.2 Å². The summed E-state index contributed by atoms with van der Waals surface area (Å²) in [6, 6.07) is 16.4. The van der Waals surface area contributed by atoms with Crippen molar-refractivity contribution in [3.05, 3.63) is 60.0 Å². The highest BCUT2D eigenvalue weighted by Gasteiger charge is 2.12. The summed E-state index contributed by atoms with van der Waals surface area (Å²) < 4.78 is 7.48. The third-order valence-electron chi connectivity index (χ3n) is 4.16. The summed E-state index contributed by atoms with van der Waals surface area (Å²) >= 11 is 1.60. The summed E-state index contributed by atoms with van der Waals surface area (Å²) in [5, 5.41) is 5.03. The van der Waals surface area contributed by atoms with Crippen molar-refractivity contribution in [3.63, 3.8) is 0 Å². The third-order valence-corrected chi connectivity index (χ3v) is 5.17. The van der Waals surface area contributed by atoms with E-state index in [2.05, 4.69) is 44.8 Å². The predicted molar refractivity (Wildman–Crippen MR) is 99.4 cm³/mol. The van der Waals surface area contributed by atoms with Gasteiger partial charge in [-0.1, -0.05) is 60.2 Å². The van der Waals surface area contributed by atoms with E-state index in [1.54, 1.807) is 11.8 Å². The second kappa shape index (κ2) is 6.72. The van der Waals surface area contributed by atoms with E-state index in [4.69, 9.17) is 4.52 Å². The zero-order chi connectivity index (χ0) is 17.2. The fraction of sp³-hybridized carbons (Fsp3) is 0.211. The molecule has 25 heavy (non-hydrogen) atoms. The molecule has 4 aromatic rings. The van der Waals surface area contributed by atoms with Crippen molar-refractivity contribution in [3.8, 4) is 11.4 Å². The Morgan fingerprint density at radius 3 is 2.60 bits per heavy atom. The van der Waals surface area contributed by atoms with Crippen molar-refractivity contribution in [2.75, 3.05) is 0 Å². The largest absolute Gasteiger partial charge is 0.338 e. The minimum atomic E-state index is 0.594. The maximum absolute atomic E-state index is 5.39. The van der Waals surface area contributed by atoms with Crippen molar-refractivity contribution >= 4 is 22.8 Å². The summed E-state index contributed by atoms with van der Waals surface area (Å²) in [5.74, 6) is 1.83. The highest BCUT2D eigenvalue weighted by molar-refractivity contribution is 7.98. The molecule has 2 aromatic heterocycles. The maximum Gasteiger partial charge on any atom is 0.237 e. The second-order valence-corrected chi connectivity index (χ2v) is 6.74. The fourth-order valence-corrected chi connectivity index (χ4v) is 3.52. The number of para-hydroxylation sites is 2. The van der Waals surface area contributed by atoms with Gasteiger partial charge in [0.1, 0.15) is 0 Å². The van der Waals surface area contributed by atoms with Crippen LogP contribution in [-0.2, 0) is 19.2 Å². The molecule has 5 nitrogen and oxygen atoms in total. The molecule has 0 unspecified atom stereocenters. The summed E-state index contributed by atoms with van der Waals surface area (Å²) in [6.07, 6.45) is 1.02. The van der Waals surface area contributed by atoms with Crippen LogP contribution in [0.25, 0.3) is 22.4 Å². The van der Waals surface area contributed by atoms with Crippen molar-refractivity contribution in [2.45, 2.75) is 24.3 Å². The first-order chi connectivity index (χ1) is 12.2. The Balaban J connectivity index is 1.49. The molecule has 0 spiro atoms. The monoisotopic (exact) mass is 350 g/mol. The van der Waals surface area contributed by atoms with Crippen molar-refractivity contribution in [1.29, 1.82) is 0 Å². The molecule has 0 saturated carbocycles. The molecule has 0 aliphatic carbocycles. The fourth-order valence-electron chi connectivity index (χ4n) is 2.70. The highest BCUT2D eigenvalue weighted by atomic mass is 32.2. The molecule has 0 atom stereocenters. The highest BCUT2D eigenvalue weighted by Crippen LogP contribution is 2.26. The van der Waals surface area contributed by atoms with Gasteiger partial charge in [0.05, 0.1) is 16.8 Å². The van der Waals surface area contributed by atoms with E-state index < -0.39 is 0 Å². The number of rotatable bonds is 5. The van der Waals surface area contributed by atoms with Gasteiger partial charge in [-0.3, -0.25) is 0 Å². The Hall–Kier alpha value is -2.60. The molecule has 0 radical (unpaired) electrons. The first kappa shape index (κ1) is 15.9. The summed E-state index contributed by atoms with van der Waals surface area (Å²) in [5.41, 5.74) is 4.38. The van der Waals surface area contributed by atoms with Gasteiger partial charge in [0.25, 0.3) is 0 Å². The van der Waals surface area contributed by atoms with Crippen molar-refractivity contribution in [1.82, 2.24) is 19.7 Å². The average molecular weight is 350 g/mol. The van der Waals surface area contributed by atoms with Crippen molar-refractivity contribution in [2.24, 2.45) is 7.05 Å². The average Bonchev–Trinajstić information content (AvgIpc) is 3.25. The Labute approximate surface area is 150 Å². The lowest BCUT2D eigenvalue weighted by Crippen LogP contribution is -1.91. The van der Waals surface area contributed by atoms with E-state index in [0.29, 0.717) is 17.5 Å². The van der Waals surface area contributed by atoms with Crippen molar-refractivity contribution < 1.29 is 4.52 Å². The van der Waals surface area contributed by atoms with Gasteiger partial charge in [0.15, 0.2) is 5.16 Å². The number of fused-ring (bicyclic) bond motifs is 1. The molecule has 0 fully saturated rings. The van der Waals surface area contributed by atoms with Crippen LogP contribution < -0.4 is 0 Å². The van der Waals surface area contributed by atoms with Gasteiger partial charge in [-0.25, -0.2) is 4.98 Å². The molecule has 0 bridgehead atoms. The molecule has 0 N–H and O–H groups in total. The van der Waals surface area contributed by atoms with Crippen LogP contribution in [0.2, 0.25) is 0 Å². The number of aromatic nitrogens is 4. The van der Waals surface area contributed by atoms with Crippen LogP contribution in [-0.4, -0.2) is 19.7 Å². The third kappa shape index (κ3) is 3.17. The van der Waals surface area contributed by atoms with E-state index in [9.17, 15) is 0 Å². The summed E-state index contributed by atoms with van der Waals surface area (Å²) in [7, 11) is 2.02. The molecule has 4 rings (SSSR count). The van der Waals surface area contributed by atoms with Crippen LogP contribution in [0.4, 0.5) is 0 Å². The molecule has 2 aromatic carbocycles. The van der Waals surface area contributed by atoms with E-state index in [1.807, 2.05) is 37.4 Å². The van der Waals surface area contributed by atoms with E-state index in [1.165, 1.54) is 5.56 Å². The molecule has 126 valence electrons. The topological polar surface area (TPSA) is 56.7 Å². The van der Waals surface area contributed by atoms with E-state index in [-0.39, 0.29) is 0 Å². The van der Waals surface area contributed by atoms with Gasteiger partial charge in [-0.15, -0.1) is 0 Å². The quantitative estimate of drug-likeness (QED) is 0.497. The lowest BCUT2D eigenvalue weighted by atomic mass is 10.1. The SMILES string of the molecule is CCc1ccc(-c2noc(CSc3nc4ccccc4n3C)n2)cc1. The predicted octanol–water partition coefficient (Wildman–Crippen LogP) is 4.48. The zero-order valence-corrected chi connectivity index (χ0v) is 15.0. The molecular formula is C19H18N4OS. The van der Waals surface area contributed by atoms with Gasteiger partial charge >= 0.3 is 0 Å². The first-order valence-corrected chi connectivity index (χ1v) is 9.19. The lowest BCUT2D eigenvalue weighted by molar-refractivity contribution is 0.391. The Kier molecular flexibility index (Phi) is 4.28. The molecule has 0 aliphatic heterocycles. The molecule has 0 amide bonds. The molecule has 6 heteroatoms. The summed E-state index contributed by atoms with van der Waals surface area (Å²) in [6.45, 7) is 2.14. The van der Waals surface area contributed by atoms with Crippen LogP contribution in [0.3, 0.4) is 0 Å². The number of thioether (sulfide) groups is 1. The van der Waals surface area contributed by atoms with Gasteiger partial charge in [0.2, 0.25) is 11.7 Å². The van der Waals surface area contributed by atoms with Gasteiger partial charge in [-0.2, -0.15) is 4.98 Å². The Morgan fingerprint density at radius 1 is 1.04 bits per heavy atom. The number of hydrogen-bond donors (Lipinski definition) is 0. The van der Waals surface area contributed by atoms with E-state index >= 15 is 0 Å². The van der Waals surface area contributed by atoms with Crippen LogP contribution in [0.1, 0.15) is 18.4 Å². The lowest BCUT2D eigenvalue weighted by Gasteiger charge is -1.99. The van der Waals surface area contributed by atoms with Gasteiger partial charge < -0.3 is 9.09 Å². The normalized spacial score (nSPS) is 11.3. The number of nitrogens with zero attached hydrogens (tertiary/aromatic N) is 4. The number of hydrogen-bond acceptors (Lipinski definition) is 5. The van der Waals surface area contributed by atoms with Gasteiger partial charge in [-0.05, 0) is 24.1 Å². The Bertz CT molecular complexity index is 1000. The van der Waals surface area contributed by atoms with Crippen LogP contribution >= 0.6 is 11.8 Å². The Morgan fingerprint density at radius 2 is 1.84 bits per heavy atom. The molecular weight excluding hydrogens is 332 g/mol. The van der Waals surface area contributed by atoms with Gasteiger partial charge in [0, 0.05) is 12.6 Å². The standard InChI is InChI=1S/C19H18N4OS/c1-3-13-8-10-14(11-9-13)18-21-17(24-22-18)12-25-19-20-15-6-4-5-7-16(15)23(19)2/h4-11H,3,12H2,1-2H3. The molecule has 0 saturated heterocycles. The maximum atomic E-state index is 5.39. The number of benzene rings is 2. The molecule has 2 heterocycles. The number of aryl methyl sites for hydroxylation is 2. The van der Waals surface area contributed by atoms with E-state index in [0.717, 1.165) is 28.2 Å². The minimum absolute atomic E-state index is 0.594. The van der Waals surface area contributed by atoms with Crippen LogP contribution in [0, 0.1) is 0 Å². The zero-order valence-electron chi connectivity index (χ0n) is 14.1.